The van der Waals surface area contributed by atoms with Crippen LogP contribution in [0.15, 0.2) is 28.3 Å². The third-order valence-corrected chi connectivity index (χ3v) is 5.98. The Hall–Kier alpha value is -1.18. The molecule has 0 aliphatic heterocycles. The number of hydrogen-bond acceptors (Lipinski definition) is 4. The van der Waals surface area contributed by atoms with Crippen molar-refractivity contribution >= 4 is 27.3 Å². The lowest BCUT2D eigenvalue weighted by molar-refractivity contribution is 0.0697. The highest BCUT2D eigenvalue weighted by atomic mass is 32.2. The topological polar surface area (TPSA) is 74.7 Å². The predicted octanol–water partition coefficient (Wildman–Crippen LogP) is 1.79. The number of carboxylic acids is 1. The number of carbonyl (C=O) groups is 1. The number of nitrogens with zero attached hydrogens (tertiary/aromatic N) is 1. The molecule has 2 rings (SSSR count). The molecule has 98 valence electrons. The van der Waals surface area contributed by atoms with Crippen LogP contribution in [0.1, 0.15) is 23.2 Å². The Morgan fingerprint density at radius 1 is 1.61 bits per heavy atom. The standard InChI is InChI=1S/C11H13NO4S2/c1-2-5-12(9-3-4-9)18(15,16)10-6-8(7-17-10)11(13)14/h2,6-7,9H,1,3-5H2,(H,13,14). The van der Waals surface area contributed by atoms with Crippen LogP contribution in [0, 0.1) is 0 Å². The summed E-state index contributed by atoms with van der Waals surface area (Å²) in [5.41, 5.74) is 0.00734. The Morgan fingerprint density at radius 3 is 2.72 bits per heavy atom. The first-order valence-corrected chi connectivity index (χ1v) is 7.73. The zero-order valence-electron chi connectivity index (χ0n) is 9.57. The molecule has 1 fully saturated rings. The van der Waals surface area contributed by atoms with E-state index in [1.54, 1.807) is 6.08 Å². The lowest BCUT2D eigenvalue weighted by atomic mass is 10.4. The molecule has 1 aliphatic rings. The summed E-state index contributed by atoms with van der Waals surface area (Å²) in [4.78, 5) is 10.8. The fourth-order valence-electron chi connectivity index (χ4n) is 1.61. The SMILES string of the molecule is C=CCN(C1CC1)S(=O)(=O)c1cc(C(=O)O)cs1. The van der Waals surface area contributed by atoms with E-state index in [4.69, 9.17) is 5.11 Å². The minimum absolute atomic E-state index is 0.00734. The van der Waals surface area contributed by atoms with Gasteiger partial charge in [0.2, 0.25) is 0 Å². The molecule has 7 heteroatoms. The number of rotatable bonds is 6. The first-order valence-electron chi connectivity index (χ1n) is 5.41. The first-order chi connectivity index (χ1) is 8.46. The monoisotopic (exact) mass is 287 g/mol. The highest BCUT2D eigenvalue weighted by Gasteiger charge is 2.38. The van der Waals surface area contributed by atoms with E-state index >= 15 is 0 Å². The van der Waals surface area contributed by atoms with E-state index in [2.05, 4.69) is 6.58 Å². The highest BCUT2D eigenvalue weighted by molar-refractivity contribution is 7.91. The summed E-state index contributed by atoms with van der Waals surface area (Å²) in [6, 6.07) is 1.24. The largest absolute Gasteiger partial charge is 0.478 e. The molecular weight excluding hydrogens is 274 g/mol. The van der Waals surface area contributed by atoms with Crippen LogP contribution in [0.25, 0.3) is 0 Å². The summed E-state index contributed by atoms with van der Waals surface area (Å²) < 4.78 is 26.1. The summed E-state index contributed by atoms with van der Waals surface area (Å²) in [6.07, 6.45) is 3.25. The zero-order valence-corrected chi connectivity index (χ0v) is 11.2. The van der Waals surface area contributed by atoms with E-state index < -0.39 is 16.0 Å². The molecule has 1 saturated carbocycles. The van der Waals surface area contributed by atoms with Crippen LogP contribution < -0.4 is 0 Å². The van der Waals surface area contributed by atoms with Crippen LogP contribution >= 0.6 is 11.3 Å². The van der Waals surface area contributed by atoms with E-state index in [1.807, 2.05) is 0 Å². The highest BCUT2D eigenvalue weighted by Crippen LogP contribution is 2.33. The zero-order chi connectivity index (χ0) is 13.3. The van der Waals surface area contributed by atoms with Crippen molar-refractivity contribution in [1.82, 2.24) is 4.31 Å². The number of aromatic carboxylic acids is 1. The quantitative estimate of drug-likeness (QED) is 0.809. The molecule has 0 amide bonds. The summed E-state index contributed by atoms with van der Waals surface area (Å²) in [5, 5.41) is 10.2. The van der Waals surface area contributed by atoms with Crippen molar-refractivity contribution in [3.63, 3.8) is 0 Å². The maximum Gasteiger partial charge on any atom is 0.336 e. The second kappa shape index (κ2) is 4.83. The summed E-state index contributed by atoms with van der Waals surface area (Å²) in [7, 11) is -3.60. The Labute approximate surface area is 109 Å². The average molecular weight is 287 g/mol. The van der Waals surface area contributed by atoms with Crippen molar-refractivity contribution in [1.29, 1.82) is 0 Å². The van der Waals surface area contributed by atoms with E-state index in [9.17, 15) is 13.2 Å². The van der Waals surface area contributed by atoms with Gasteiger partial charge in [0, 0.05) is 18.0 Å². The number of thiophene rings is 1. The molecule has 0 aromatic carbocycles. The van der Waals surface area contributed by atoms with Crippen molar-refractivity contribution in [2.75, 3.05) is 6.54 Å². The van der Waals surface area contributed by atoms with Crippen LogP contribution in [-0.4, -0.2) is 36.4 Å². The second-order valence-electron chi connectivity index (χ2n) is 4.05. The lowest BCUT2D eigenvalue weighted by Gasteiger charge is -2.18. The molecule has 0 radical (unpaired) electrons. The summed E-state index contributed by atoms with van der Waals surface area (Å²) in [6.45, 7) is 3.81. The number of hydrogen-bond donors (Lipinski definition) is 1. The van der Waals surface area contributed by atoms with Crippen molar-refractivity contribution in [3.05, 3.63) is 29.7 Å². The molecule has 1 N–H and O–H groups in total. The molecule has 1 heterocycles. The fraction of sp³-hybridized carbons (Fsp3) is 0.364. The lowest BCUT2D eigenvalue weighted by Crippen LogP contribution is -2.32. The van der Waals surface area contributed by atoms with Crippen LogP contribution in [0.4, 0.5) is 0 Å². The molecule has 1 aromatic heterocycles. The van der Waals surface area contributed by atoms with Gasteiger partial charge in [0.1, 0.15) is 4.21 Å². The van der Waals surface area contributed by atoms with Gasteiger partial charge in [0.05, 0.1) is 5.56 Å². The summed E-state index contributed by atoms with van der Waals surface area (Å²) >= 11 is 0.939. The fourth-order valence-corrected chi connectivity index (χ4v) is 4.55. The van der Waals surface area contributed by atoms with E-state index in [0.717, 1.165) is 24.2 Å². The van der Waals surface area contributed by atoms with E-state index in [1.165, 1.54) is 15.8 Å². The van der Waals surface area contributed by atoms with Gasteiger partial charge < -0.3 is 5.11 Å². The van der Waals surface area contributed by atoms with Gasteiger partial charge in [-0.25, -0.2) is 13.2 Å². The number of carboxylic acid groups (broad SMARTS) is 1. The molecule has 5 nitrogen and oxygen atoms in total. The van der Waals surface area contributed by atoms with Crippen LogP contribution in [0.3, 0.4) is 0 Å². The van der Waals surface area contributed by atoms with Gasteiger partial charge in [0.25, 0.3) is 10.0 Å². The van der Waals surface area contributed by atoms with Crippen molar-refractivity contribution < 1.29 is 18.3 Å². The van der Waals surface area contributed by atoms with Gasteiger partial charge in [-0.1, -0.05) is 6.08 Å². The van der Waals surface area contributed by atoms with Crippen LogP contribution in [-0.2, 0) is 10.0 Å². The molecule has 0 spiro atoms. The molecule has 0 atom stereocenters. The van der Waals surface area contributed by atoms with Gasteiger partial charge in [-0.15, -0.1) is 17.9 Å². The summed E-state index contributed by atoms with van der Waals surface area (Å²) in [5.74, 6) is -1.12. The van der Waals surface area contributed by atoms with Gasteiger partial charge in [-0.05, 0) is 18.9 Å². The average Bonchev–Trinajstić information content (AvgIpc) is 2.99. The first kappa shape index (κ1) is 13.3. The smallest absolute Gasteiger partial charge is 0.336 e. The van der Waals surface area contributed by atoms with Gasteiger partial charge in [-0.2, -0.15) is 4.31 Å². The second-order valence-corrected chi connectivity index (χ2v) is 7.08. The molecule has 1 aromatic rings. The van der Waals surface area contributed by atoms with E-state index in [-0.39, 0.29) is 22.4 Å². The van der Waals surface area contributed by atoms with Crippen molar-refractivity contribution in [2.24, 2.45) is 0 Å². The van der Waals surface area contributed by atoms with E-state index in [0.29, 0.717) is 0 Å². The molecule has 0 unspecified atom stereocenters. The Bertz CT molecular complexity index is 572. The predicted molar refractivity (Wildman–Crippen MR) is 68.4 cm³/mol. The normalized spacial score (nSPS) is 15.8. The Kier molecular flexibility index (Phi) is 3.56. The Balaban J connectivity index is 2.32. The maximum absolute atomic E-state index is 12.3. The van der Waals surface area contributed by atoms with Gasteiger partial charge >= 0.3 is 5.97 Å². The van der Waals surface area contributed by atoms with Gasteiger partial charge in [-0.3, -0.25) is 0 Å². The third kappa shape index (κ3) is 2.47. The minimum atomic E-state index is -3.60. The Morgan fingerprint density at radius 2 is 2.28 bits per heavy atom. The maximum atomic E-state index is 12.3. The molecule has 0 bridgehead atoms. The molecule has 18 heavy (non-hydrogen) atoms. The van der Waals surface area contributed by atoms with Gasteiger partial charge in [0.15, 0.2) is 0 Å². The molecular formula is C11H13NO4S2. The third-order valence-electron chi connectivity index (χ3n) is 2.65. The van der Waals surface area contributed by atoms with Crippen molar-refractivity contribution in [3.8, 4) is 0 Å². The van der Waals surface area contributed by atoms with Crippen LogP contribution in [0.2, 0.25) is 0 Å². The van der Waals surface area contributed by atoms with Crippen LogP contribution in [0.5, 0.6) is 0 Å². The minimum Gasteiger partial charge on any atom is -0.478 e. The number of sulfonamides is 1. The van der Waals surface area contributed by atoms with Crippen molar-refractivity contribution in [2.45, 2.75) is 23.1 Å². The molecule has 0 saturated heterocycles. The molecule has 1 aliphatic carbocycles.